The third kappa shape index (κ3) is 2.49. The lowest BCUT2D eigenvalue weighted by molar-refractivity contribution is -0.157. The Balaban J connectivity index is 1.52. The van der Waals surface area contributed by atoms with Crippen LogP contribution in [-0.4, -0.2) is 48.5 Å². The fraction of sp³-hybridized carbons (Fsp3) is 0.706. The molecule has 1 atom stereocenters. The summed E-state index contributed by atoms with van der Waals surface area (Å²) in [5, 5.41) is 0. The number of nitrogens with zero attached hydrogens (tertiary/aromatic N) is 3. The highest BCUT2D eigenvalue weighted by molar-refractivity contribution is 5.45. The third-order valence-corrected chi connectivity index (χ3v) is 5.62. The lowest BCUT2D eigenvalue weighted by Crippen LogP contribution is -2.57. The lowest BCUT2D eigenvalue weighted by Gasteiger charge is -2.46. The van der Waals surface area contributed by atoms with Crippen LogP contribution in [0.25, 0.3) is 0 Å². The molecule has 0 N–H and O–H groups in total. The van der Waals surface area contributed by atoms with Crippen LogP contribution in [0.2, 0.25) is 0 Å². The molecule has 1 aromatic rings. The molecule has 3 nitrogen and oxygen atoms in total. The Hall–Kier alpha value is -1.23. The lowest BCUT2D eigenvalue weighted by atomic mass is 9.75. The van der Waals surface area contributed by atoms with E-state index in [1.54, 1.807) is 12.4 Å². The van der Waals surface area contributed by atoms with Gasteiger partial charge < -0.3 is 9.80 Å². The molecule has 3 fully saturated rings. The van der Waals surface area contributed by atoms with Crippen LogP contribution in [0.4, 0.5) is 14.5 Å². The van der Waals surface area contributed by atoms with Gasteiger partial charge in [0.1, 0.15) is 0 Å². The van der Waals surface area contributed by atoms with Gasteiger partial charge in [0.05, 0.1) is 17.3 Å². The van der Waals surface area contributed by atoms with E-state index in [0.29, 0.717) is 32.6 Å². The maximum atomic E-state index is 14.7. The van der Waals surface area contributed by atoms with Crippen LogP contribution in [-0.2, 0) is 0 Å². The van der Waals surface area contributed by atoms with Crippen LogP contribution in [0.15, 0.2) is 24.5 Å². The molecule has 5 heteroatoms. The topological polar surface area (TPSA) is 19.4 Å². The Kier molecular flexibility index (Phi) is 3.36. The average Bonchev–Trinajstić information content (AvgIpc) is 3.22. The summed E-state index contributed by atoms with van der Waals surface area (Å²) in [5.41, 5.74) is 0.0881. The smallest absolute Gasteiger partial charge is 0.257 e. The van der Waals surface area contributed by atoms with Crippen molar-refractivity contribution in [2.75, 3.05) is 37.6 Å². The van der Waals surface area contributed by atoms with Gasteiger partial charge in [0.2, 0.25) is 0 Å². The first-order valence-electron chi connectivity index (χ1n) is 8.33. The zero-order valence-electron chi connectivity index (χ0n) is 12.8. The molecule has 4 rings (SSSR count). The highest BCUT2D eigenvalue weighted by atomic mass is 19.3. The first-order chi connectivity index (χ1) is 10.6. The average molecular weight is 307 g/mol. The minimum atomic E-state index is -2.55. The number of likely N-dealkylation sites (tertiary alicyclic amines) is 1. The molecule has 1 aromatic heterocycles. The standard InChI is InChI=1S/C17H23F2N3/c18-17(19)6-8-21(11-14-3-4-14)12-16(17)5-9-22(13-16)15-2-1-7-20-10-15/h1-2,7,10,14H,3-6,8-9,11-13H2. The van der Waals surface area contributed by atoms with Gasteiger partial charge in [-0.1, -0.05) is 0 Å². The summed E-state index contributed by atoms with van der Waals surface area (Å²) in [6.45, 7) is 3.28. The van der Waals surface area contributed by atoms with Crippen molar-refractivity contribution in [3.8, 4) is 0 Å². The van der Waals surface area contributed by atoms with Crippen molar-refractivity contribution in [1.82, 2.24) is 9.88 Å². The van der Waals surface area contributed by atoms with Gasteiger partial charge >= 0.3 is 0 Å². The quantitative estimate of drug-likeness (QED) is 0.855. The SMILES string of the molecule is FC1(F)CCN(CC2CC2)CC12CCN(c1cccnc1)C2. The van der Waals surface area contributed by atoms with Crippen molar-refractivity contribution < 1.29 is 8.78 Å². The molecule has 3 aliphatic rings. The van der Waals surface area contributed by atoms with E-state index in [-0.39, 0.29) is 6.42 Å². The van der Waals surface area contributed by atoms with Crippen LogP contribution in [0, 0.1) is 11.3 Å². The van der Waals surface area contributed by atoms with Crippen LogP contribution >= 0.6 is 0 Å². The van der Waals surface area contributed by atoms with E-state index in [9.17, 15) is 8.78 Å². The summed E-state index contributed by atoms with van der Waals surface area (Å²) in [7, 11) is 0. The molecule has 2 aliphatic heterocycles. The molecule has 0 aromatic carbocycles. The van der Waals surface area contributed by atoms with Crippen molar-refractivity contribution >= 4 is 5.69 Å². The number of anilines is 1. The van der Waals surface area contributed by atoms with Gasteiger partial charge in [-0.2, -0.15) is 0 Å². The molecule has 22 heavy (non-hydrogen) atoms. The minimum Gasteiger partial charge on any atom is -0.369 e. The van der Waals surface area contributed by atoms with Crippen LogP contribution in [0.5, 0.6) is 0 Å². The predicted octanol–water partition coefficient (Wildman–Crippen LogP) is 3.03. The van der Waals surface area contributed by atoms with E-state index in [1.807, 2.05) is 12.1 Å². The molecule has 0 bridgehead atoms. The van der Waals surface area contributed by atoms with Gasteiger partial charge in [-0.15, -0.1) is 0 Å². The molecule has 0 radical (unpaired) electrons. The highest BCUT2D eigenvalue weighted by Gasteiger charge is 2.59. The molecular formula is C17H23F2N3. The van der Waals surface area contributed by atoms with Crippen molar-refractivity contribution in [3.63, 3.8) is 0 Å². The summed E-state index contributed by atoms with van der Waals surface area (Å²) >= 11 is 0. The van der Waals surface area contributed by atoms with Crippen molar-refractivity contribution in [3.05, 3.63) is 24.5 Å². The Morgan fingerprint density at radius 1 is 1.18 bits per heavy atom. The van der Waals surface area contributed by atoms with Crippen molar-refractivity contribution in [1.29, 1.82) is 0 Å². The Bertz CT molecular complexity index is 532. The zero-order valence-corrected chi connectivity index (χ0v) is 12.8. The number of aromatic nitrogens is 1. The van der Waals surface area contributed by atoms with Gasteiger partial charge in [0.25, 0.3) is 5.92 Å². The van der Waals surface area contributed by atoms with E-state index < -0.39 is 11.3 Å². The van der Waals surface area contributed by atoms with Crippen LogP contribution in [0.3, 0.4) is 0 Å². The second kappa shape index (κ2) is 5.15. The number of alkyl halides is 2. The zero-order chi connectivity index (χ0) is 15.2. The molecule has 3 heterocycles. The Morgan fingerprint density at radius 3 is 2.77 bits per heavy atom. The molecule has 1 unspecified atom stereocenters. The van der Waals surface area contributed by atoms with Gasteiger partial charge in [0.15, 0.2) is 0 Å². The van der Waals surface area contributed by atoms with Crippen molar-refractivity contribution in [2.45, 2.75) is 31.6 Å². The number of rotatable bonds is 3. The third-order valence-electron chi connectivity index (χ3n) is 5.62. The Labute approximate surface area is 130 Å². The molecule has 1 aliphatic carbocycles. The molecular weight excluding hydrogens is 284 g/mol. The van der Waals surface area contributed by atoms with E-state index in [1.165, 1.54) is 12.8 Å². The Morgan fingerprint density at radius 2 is 2.05 bits per heavy atom. The predicted molar refractivity (Wildman–Crippen MR) is 82.2 cm³/mol. The monoisotopic (exact) mass is 307 g/mol. The summed E-state index contributed by atoms with van der Waals surface area (Å²) in [5.74, 6) is -1.79. The van der Waals surface area contributed by atoms with Crippen LogP contribution < -0.4 is 4.90 Å². The number of pyridine rings is 1. The summed E-state index contributed by atoms with van der Waals surface area (Å²) in [6, 6.07) is 3.84. The second-order valence-electron chi connectivity index (χ2n) is 7.30. The second-order valence-corrected chi connectivity index (χ2v) is 7.30. The first-order valence-corrected chi connectivity index (χ1v) is 8.33. The first kappa shape index (κ1) is 14.4. The van der Waals surface area contributed by atoms with Gasteiger partial charge in [-0.05, 0) is 37.3 Å². The molecule has 1 spiro atoms. The summed E-state index contributed by atoms with van der Waals surface area (Å²) in [6.07, 6.45) is 6.66. The van der Waals surface area contributed by atoms with E-state index in [0.717, 1.165) is 18.2 Å². The summed E-state index contributed by atoms with van der Waals surface area (Å²) in [4.78, 5) is 8.50. The number of halogens is 2. The van der Waals surface area contributed by atoms with Gasteiger partial charge in [0, 0.05) is 45.3 Å². The molecule has 0 amide bonds. The number of hydrogen-bond donors (Lipinski definition) is 0. The number of hydrogen-bond acceptors (Lipinski definition) is 3. The fourth-order valence-corrected chi connectivity index (χ4v) is 4.07. The van der Waals surface area contributed by atoms with Gasteiger partial charge in [-0.25, -0.2) is 8.78 Å². The van der Waals surface area contributed by atoms with Crippen LogP contribution in [0.1, 0.15) is 25.7 Å². The van der Waals surface area contributed by atoms with E-state index >= 15 is 0 Å². The maximum Gasteiger partial charge on any atom is 0.257 e. The molecule has 2 saturated heterocycles. The maximum absolute atomic E-state index is 14.7. The molecule has 120 valence electrons. The van der Waals surface area contributed by atoms with Gasteiger partial charge in [-0.3, -0.25) is 4.98 Å². The van der Waals surface area contributed by atoms with Crippen molar-refractivity contribution in [2.24, 2.45) is 11.3 Å². The summed E-state index contributed by atoms with van der Waals surface area (Å²) < 4.78 is 29.4. The minimum absolute atomic E-state index is 0.0145. The highest BCUT2D eigenvalue weighted by Crippen LogP contribution is 2.50. The normalized spacial score (nSPS) is 31.8. The molecule has 1 saturated carbocycles. The number of piperidine rings is 1. The van der Waals surface area contributed by atoms with E-state index in [4.69, 9.17) is 0 Å². The fourth-order valence-electron chi connectivity index (χ4n) is 4.07. The van der Waals surface area contributed by atoms with E-state index in [2.05, 4.69) is 14.8 Å². The largest absolute Gasteiger partial charge is 0.369 e.